The second-order valence-corrected chi connectivity index (χ2v) is 7.38. The van der Waals surface area contributed by atoms with Gasteiger partial charge in [0.25, 0.3) is 0 Å². The Hall–Kier alpha value is -2.62. The van der Waals surface area contributed by atoms with Gasteiger partial charge in [0.05, 0.1) is 6.04 Å². The normalized spacial score (nSPS) is 16.5. The van der Waals surface area contributed by atoms with E-state index in [0.29, 0.717) is 0 Å². The summed E-state index contributed by atoms with van der Waals surface area (Å²) in [5, 5.41) is 2.97. The van der Waals surface area contributed by atoms with Crippen molar-refractivity contribution in [1.82, 2.24) is 5.32 Å². The molecule has 0 aromatic heterocycles. The fourth-order valence-corrected chi connectivity index (χ4v) is 3.33. The molecule has 0 unspecified atom stereocenters. The minimum Gasteiger partial charge on any atom is -0.372 e. The number of nitrogens with one attached hydrogen (secondary N) is 1. The van der Waals surface area contributed by atoms with Gasteiger partial charge in [0.2, 0.25) is 5.91 Å². The predicted molar refractivity (Wildman–Crippen MR) is 109 cm³/mol. The van der Waals surface area contributed by atoms with Gasteiger partial charge in [-0.3, -0.25) is 4.79 Å². The zero-order valence-electron chi connectivity index (χ0n) is 16.0. The van der Waals surface area contributed by atoms with Crippen LogP contribution in [0.25, 0.3) is 6.08 Å². The third kappa shape index (κ3) is 5.43. The minimum atomic E-state index is -0.285. The molecule has 0 saturated carbocycles. The molecule has 1 amide bonds. The number of halogens is 1. The molecule has 27 heavy (non-hydrogen) atoms. The molecule has 1 aliphatic rings. The number of piperidine rings is 1. The molecule has 1 heterocycles. The summed E-state index contributed by atoms with van der Waals surface area (Å²) < 4.78 is 12.9. The standard InChI is InChI=1S/C23H27FN2O/c1-17-13-15-26(16-14-17)22-10-6-20(7-11-22)18(2)25-23(27)12-5-19-3-8-21(24)9-4-19/h3-12,17-18H,13-16H2,1-2H3,(H,25,27)/b12-5+/t18-/m0/s1. The highest BCUT2D eigenvalue weighted by atomic mass is 19.1. The van der Waals surface area contributed by atoms with Gasteiger partial charge < -0.3 is 10.2 Å². The lowest BCUT2D eigenvalue weighted by molar-refractivity contribution is -0.117. The van der Waals surface area contributed by atoms with E-state index in [0.717, 1.165) is 30.1 Å². The van der Waals surface area contributed by atoms with E-state index in [4.69, 9.17) is 0 Å². The zero-order chi connectivity index (χ0) is 19.2. The Labute approximate surface area is 160 Å². The molecular weight excluding hydrogens is 339 g/mol. The maximum Gasteiger partial charge on any atom is 0.244 e. The first-order valence-corrected chi connectivity index (χ1v) is 9.60. The van der Waals surface area contributed by atoms with Crippen LogP contribution in [0.4, 0.5) is 10.1 Å². The monoisotopic (exact) mass is 366 g/mol. The van der Waals surface area contributed by atoms with Gasteiger partial charge in [-0.25, -0.2) is 4.39 Å². The number of rotatable bonds is 5. The van der Waals surface area contributed by atoms with Crippen LogP contribution >= 0.6 is 0 Å². The van der Waals surface area contributed by atoms with Gasteiger partial charge in [-0.05, 0) is 67.2 Å². The Balaban J connectivity index is 1.54. The van der Waals surface area contributed by atoms with Crippen LogP contribution in [0, 0.1) is 11.7 Å². The molecule has 2 aromatic rings. The van der Waals surface area contributed by atoms with Crippen LogP contribution in [0.2, 0.25) is 0 Å². The highest BCUT2D eigenvalue weighted by molar-refractivity contribution is 5.91. The highest BCUT2D eigenvalue weighted by Crippen LogP contribution is 2.24. The van der Waals surface area contributed by atoms with Gasteiger partial charge in [0.1, 0.15) is 5.82 Å². The van der Waals surface area contributed by atoms with Crippen molar-refractivity contribution in [1.29, 1.82) is 0 Å². The molecule has 0 aliphatic carbocycles. The summed E-state index contributed by atoms with van der Waals surface area (Å²) >= 11 is 0. The lowest BCUT2D eigenvalue weighted by Gasteiger charge is -2.32. The van der Waals surface area contributed by atoms with E-state index in [1.165, 1.54) is 36.7 Å². The van der Waals surface area contributed by atoms with E-state index in [1.807, 2.05) is 6.92 Å². The molecular formula is C23H27FN2O. The summed E-state index contributed by atoms with van der Waals surface area (Å²) in [6.45, 7) is 6.51. The van der Waals surface area contributed by atoms with Crippen LogP contribution in [0.15, 0.2) is 54.6 Å². The molecule has 0 bridgehead atoms. The number of nitrogens with zero attached hydrogens (tertiary/aromatic N) is 1. The van der Waals surface area contributed by atoms with E-state index in [-0.39, 0.29) is 17.8 Å². The molecule has 0 spiro atoms. The lowest BCUT2D eigenvalue weighted by Crippen LogP contribution is -2.32. The number of anilines is 1. The van der Waals surface area contributed by atoms with E-state index in [2.05, 4.69) is 41.4 Å². The highest BCUT2D eigenvalue weighted by Gasteiger charge is 2.16. The van der Waals surface area contributed by atoms with Crippen LogP contribution in [0.1, 0.15) is 43.9 Å². The molecule has 3 rings (SSSR count). The third-order valence-electron chi connectivity index (χ3n) is 5.20. The van der Waals surface area contributed by atoms with E-state index >= 15 is 0 Å². The smallest absolute Gasteiger partial charge is 0.244 e. The van der Waals surface area contributed by atoms with Crippen LogP contribution in [0.3, 0.4) is 0 Å². The van der Waals surface area contributed by atoms with E-state index in [1.54, 1.807) is 18.2 Å². The Morgan fingerprint density at radius 1 is 1.11 bits per heavy atom. The summed E-state index contributed by atoms with van der Waals surface area (Å²) in [6.07, 6.45) is 5.65. The minimum absolute atomic E-state index is 0.0780. The number of hydrogen-bond acceptors (Lipinski definition) is 2. The molecule has 1 fully saturated rings. The Morgan fingerprint density at radius 3 is 2.37 bits per heavy atom. The van der Waals surface area contributed by atoms with Crippen molar-refractivity contribution in [2.45, 2.75) is 32.7 Å². The van der Waals surface area contributed by atoms with Crippen molar-refractivity contribution in [3.63, 3.8) is 0 Å². The Bertz CT molecular complexity index is 775. The maximum absolute atomic E-state index is 12.9. The van der Waals surface area contributed by atoms with Gasteiger partial charge in [-0.15, -0.1) is 0 Å². The average molecular weight is 366 g/mol. The number of carbonyl (C=O) groups is 1. The Morgan fingerprint density at radius 2 is 1.74 bits per heavy atom. The number of benzene rings is 2. The molecule has 3 nitrogen and oxygen atoms in total. The number of amides is 1. The van der Waals surface area contributed by atoms with Gasteiger partial charge >= 0.3 is 0 Å². The first kappa shape index (κ1) is 19.2. The van der Waals surface area contributed by atoms with Crippen molar-refractivity contribution in [2.75, 3.05) is 18.0 Å². The van der Waals surface area contributed by atoms with Crippen LogP contribution in [0.5, 0.6) is 0 Å². The van der Waals surface area contributed by atoms with Crippen molar-refractivity contribution >= 4 is 17.7 Å². The lowest BCUT2D eigenvalue weighted by atomic mass is 9.98. The summed E-state index contributed by atoms with van der Waals surface area (Å²) in [5.41, 5.74) is 3.12. The number of hydrogen-bond donors (Lipinski definition) is 1. The molecule has 1 N–H and O–H groups in total. The fourth-order valence-electron chi connectivity index (χ4n) is 3.33. The first-order chi connectivity index (χ1) is 13.0. The quantitative estimate of drug-likeness (QED) is 0.759. The van der Waals surface area contributed by atoms with Crippen molar-refractivity contribution in [3.05, 3.63) is 71.6 Å². The van der Waals surface area contributed by atoms with Crippen LogP contribution in [-0.2, 0) is 4.79 Å². The Kier molecular flexibility index (Phi) is 6.28. The summed E-state index contributed by atoms with van der Waals surface area (Å²) in [6, 6.07) is 14.4. The molecule has 1 saturated heterocycles. The topological polar surface area (TPSA) is 32.3 Å². The largest absolute Gasteiger partial charge is 0.372 e. The van der Waals surface area contributed by atoms with Gasteiger partial charge in [0.15, 0.2) is 0 Å². The molecule has 1 aliphatic heterocycles. The van der Waals surface area contributed by atoms with Crippen molar-refractivity contribution < 1.29 is 9.18 Å². The first-order valence-electron chi connectivity index (χ1n) is 9.60. The van der Waals surface area contributed by atoms with Gasteiger partial charge in [0, 0.05) is 24.9 Å². The SMILES string of the molecule is CC1CCN(c2ccc([C@H](C)NC(=O)/C=C/c3ccc(F)cc3)cc2)CC1. The third-order valence-corrected chi connectivity index (χ3v) is 5.20. The average Bonchev–Trinajstić information content (AvgIpc) is 2.68. The molecule has 4 heteroatoms. The number of carbonyl (C=O) groups excluding carboxylic acids is 1. The summed E-state index contributed by atoms with van der Waals surface area (Å²) in [4.78, 5) is 14.6. The summed E-state index contributed by atoms with van der Waals surface area (Å²) in [7, 11) is 0. The van der Waals surface area contributed by atoms with Crippen LogP contribution < -0.4 is 10.2 Å². The molecule has 2 aromatic carbocycles. The second-order valence-electron chi connectivity index (χ2n) is 7.38. The van der Waals surface area contributed by atoms with Crippen LogP contribution in [-0.4, -0.2) is 19.0 Å². The molecule has 0 radical (unpaired) electrons. The van der Waals surface area contributed by atoms with Gasteiger partial charge in [-0.2, -0.15) is 0 Å². The molecule has 1 atom stereocenters. The van der Waals surface area contributed by atoms with Crippen molar-refractivity contribution in [3.8, 4) is 0 Å². The van der Waals surface area contributed by atoms with Gasteiger partial charge in [-0.1, -0.05) is 31.2 Å². The predicted octanol–water partition coefficient (Wildman–Crippen LogP) is 4.95. The van der Waals surface area contributed by atoms with Crippen molar-refractivity contribution in [2.24, 2.45) is 5.92 Å². The summed E-state index contributed by atoms with van der Waals surface area (Å²) in [5.74, 6) is 0.368. The van der Waals surface area contributed by atoms with E-state index in [9.17, 15) is 9.18 Å². The molecule has 142 valence electrons. The maximum atomic E-state index is 12.9. The zero-order valence-corrected chi connectivity index (χ0v) is 16.0. The van der Waals surface area contributed by atoms with E-state index < -0.39 is 0 Å². The second kappa shape index (κ2) is 8.85. The fraction of sp³-hybridized carbons (Fsp3) is 0.348.